The fourth-order valence-electron chi connectivity index (χ4n) is 2.72. The van der Waals surface area contributed by atoms with Crippen LogP contribution in [0.2, 0.25) is 19.6 Å². The van der Waals surface area contributed by atoms with Crippen LogP contribution in [0.25, 0.3) is 10.9 Å². The van der Waals surface area contributed by atoms with E-state index in [1.807, 2.05) is 25.1 Å². The van der Waals surface area contributed by atoms with Crippen molar-refractivity contribution in [3.63, 3.8) is 0 Å². The minimum Gasteiger partial charge on any atom is -0.455 e. The molecule has 0 fully saturated rings. The lowest BCUT2D eigenvalue weighted by Gasteiger charge is -2.24. The standard InChI is InChI=1S/C23H31N3O4Si/c1-16-11-19(30-22(28-4)21(27)26-23(2,3)15-25-29-5)13-18-12-17(14-24-20(16)18)9-10-31(6,7)8/h11-15,22H,1-8H3,(H,26,27)/b25-15+. The van der Waals surface area contributed by atoms with Crippen LogP contribution in [0.5, 0.6) is 5.75 Å². The lowest BCUT2D eigenvalue weighted by molar-refractivity contribution is -0.149. The van der Waals surface area contributed by atoms with Crippen LogP contribution in [-0.2, 0) is 14.4 Å². The second-order valence-electron chi connectivity index (χ2n) is 8.85. The van der Waals surface area contributed by atoms with E-state index < -0.39 is 25.8 Å². The number of hydrogen-bond acceptors (Lipinski definition) is 6. The molecule has 2 rings (SSSR count). The molecule has 2 aromatic rings. The highest BCUT2D eigenvalue weighted by atomic mass is 28.3. The van der Waals surface area contributed by atoms with Gasteiger partial charge in [0.05, 0.1) is 17.3 Å². The first-order chi connectivity index (χ1) is 14.4. The van der Waals surface area contributed by atoms with Gasteiger partial charge in [0.2, 0.25) is 0 Å². The number of carbonyl (C=O) groups excluding carboxylic acids is 1. The summed E-state index contributed by atoms with van der Waals surface area (Å²) in [6.07, 6.45) is 2.15. The predicted molar refractivity (Wildman–Crippen MR) is 126 cm³/mol. The van der Waals surface area contributed by atoms with Gasteiger partial charge in [-0.05, 0) is 44.5 Å². The van der Waals surface area contributed by atoms with Gasteiger partial charge in [-0.1, -0.05) is 30.7 Å². The molecule has 166 valence electrons. The Morgan fingerprint density at radius 2 is 1.97 bits per heavy atom. The summed E-state index contributed by atoms with van der Waals surface area (Å²) in [7, 11) is 1.37. The molecule has 0 spiro atoms. The van der Waals surface area contributed by atoms with Gasteiger partial charge in [-0.25, -0.2) is 0 Å². The third-order valence-electron chi connectivity index (χ3n) is 4.13. The number of ether oxygens (including phenoxy) is 2. The lowest BCUT2D eigenvalue weighted by atomic mass is 10.1. The number of rotatable bonds is 7. The molecular weight excluding hydrogens is 410 g/mol. The van der Waals surface area contributed by atoms with E-state index in [2.05, 4.69) is 51.4 Å². The molecule has 0 saturated carbocycles. The van der Waals surface area contributed by atoms with Crippen LogP contribution in [0.4, 0.5) is 0 Å². The van der Waals surface area contributed by atoms with Crippen LogP contribution in [0, 0.1) is 18.4 Å². The number of carbonyl (C=O) groups is 1. The van der Waals surface area contributed by atoms with Crippen LogP contribution >= 0.6 is 0 Å². The van der Waals surface area contributed by atoms with Gasteiger partial charge in [0.1, 0.15) is 20.9 Å². The molecule has 7 nitrogen and oxygen atoms in total. The smallest absolute Gasteiger partial charge is 0.290 e. The van der Waals surface area contributed by atoms with Crippen LogP contribution in [0.1, 0.15) is 25.0 Å². The number of aryl methyl sites for hydroxylation is 1. The number of pyridine rings is 1. The zero-order valence-electron chi connectivity index (χ0n) is 19.5. The number of amides is 1. The minimum atomic E-state index is -1.49. The molecule has 1 N–H and O–H groups in total. The van der Waals surface area contributed by atoms with Gasteiger partial charge in [0.15, 0.2) is 0 Å². The number of nitrogens with zero attached hydrogens (tertiary/aromatic N) is 2. The highest BCUT2D eigenvalue weighted by Crippen LogP contribution is 2.25. The monoisotopic (exact) mass is 441 g/mol. The zero-order valence-corrected chi connectivity index (χ0v) is 20.5. The first-order valence-corrected chi connectivity index (χ1v) is 13.5. The summed E-state index contributed by atoms with van der Waals surface area (Å²) >= 11 is 0. The van der Waals surface area contributed by atoms with Gasteiger partial charge in [-0.2, -0.15) is 0 Å². The number of fused-ring (bicyclic) bond motifs is 1. The van der Waals surface area contributed by atoms with E-state index in [1.165, 1.54) is 20.4 Å². The Morgan fingerprint density at radius 3 is 2.58 bits per heavy atom. The molecular formula is C23H31N3O4Si. The van der Waals surface area contributed by atoms with E-state index >= 15 is 0 Å². The topological polar surface area (TPSA) is 82.0 Å². The van der Waals surface area contributed by atoms with Crippen molar-refractivity contribution in [3.8, 4) is 17.2 Å². The van der Waals surface area contributed by atoms with Crippen LogP contribution in [0.3, 0.4) is 0 Å². The third kappa shape index (κ3) is 7.38. The quantitative estimate of drug-likeness (QED) is 0.233. The van der Waals surface area contributed by atoms with Crippen molar-refractivity contribution < 1.29 is 19.1 Å². The van der Waals surface area contributed by atoms with Crippen LogP contribution in [0.15, 0.2) is 29.6 Å². The van der Waals surface area contributed by atoms with Gasteiger partial charge >= 0.3 is 0 Å². The first-order valence-electron chi connectivity index (χ1n) is 9.97. The molecule has 0 aliphatic carbocycles. The van der Waals surface area contributed by atoms with Crippen molar-refractivity contribution in [2.45, 2.75) is 52.2 Å². The molecule has 8 heteroatoms. The molecule has 31 heavy (non-hydrogen) atoms. The van der Waals surface area contributed by atoms with Crippen molar-refractivity contribution in [1.29, 1.82) is 0 Å². The summed E-state index contributed by atoms with van der Waals surface area (Å²) in [5, 5.41) is 7.41. The van der Waals surface area contributed by atoms with Crippen molar-refractivity contribution in [3.05, 3.63) is 35.5 Å². The number of oxime groups is 1. The fraction of sp³-hybridized carbons (Fsp3) is 0.435. The number of aromatic nitrogens is 1. The zero-order chi connectivity index (χ0) is 23.2. The van der Waals surface area contributed by atoms with Gasteiger partial charge in [-0.15, -0.1) is 5.54 Å². The fourth-order valence-corrected chi connectivity index (χ4v) is 3.24. The first kappa shape index (κ1) is 24.4. The summed E-state index contributed by atoms with van der Waals surface area (Å²) in [5.74, 6) is 3.30. The molecule has 1 unspecified atom stereocenters. The number of methoxy groups -OCH3 is 1. The minimum absolute atomic E-state index is 0.430. The average molecular weight is 442 g/mol. The molecule has 1 aromatic carbocycles. The molecule has 1 atom stereocenters. The Kier molecular flexibility index (Phi) is 7.82. The highest BCUT2D eigenvalue weighted by Gasteiger charge is 2.26. The van der Waals surface area contributed by atoms with E-state index in [0.717, 1.165) is 22.0 Å². The number of benzene rings is 1. The third-order valence-corrected chi connectivity index (χ3v) is 5.00. The van der Waals surface area contributed by atoms with E-state index in [9.17, 15) is 4.79 Å². The van der Waals surface area contributed by atoms with E-state index in [4.69, 9.17) is 9.47 Å². The van der Waals surface area contributed by atoms with Crippen molar-refractivity contribution in [2.75, 3.05) is 14.2 Å². The number of hydrogen-bond donors (Lipinski definition) is 1. The molecule has 1 amide bonds. The van der Waals surface area contributed by atoms with Gasteiger partial charge in [0.25, 0.3) is 12.2 Å². The Morgan fingerprint density at radius 1 is 1.26 bits per heavy atom. The average Bonchev–Trinajstić information content (AvgIpc) is 2.67. The summed E-state index contributed by atoms with van der Waals surface area (Å²) in [4.78, 5) is 21.9. The Labute approximate surface area is 185 Å². The maximum Gasteiger partial charge on any atom is 0.290 e. The molecule has 0 radical (unpaired) electrons. The summed E-state index contributed by atoms with van der Waals surface area (Å²) in [6, 6.07) is 5.66. The molecule has 0 saturated heterocycles. The van der Waals surface area contributed by atoms with Crippen molar-refractivity contribution in [1.82, 2.24) is 10.3 Å². The normalized spacial score (nSPS) is 12.9. The second-order valence-corrected chi connectivity index (χ2v) is 13.6. The summed E-state index contributed by atoms with van der Waals surface area (Å²) < 4.78 is 11.1. The van der Waals surface area contributed by atoms with Crippen molar-refractivity contribution in [2.24, 2.45) is 5.16 Å². The van der Waals surface area contributed by atoms with Crippen LogP contribution < -0.4 is 10.1 Å². The van der Waals surface area contributed by atoms with Gasteiger partial charge in [0, 0.05) is 24.3 Å². The Balaban J connectivity index is 2.28. The van der Waals surface area contributed by atoms with E-state index in [1.54, 1.807) is 20.0 Å². The molecule has 0 aliphatic heterocycles. The Hall–Kier alpha value is -2.89. The molecule has 0 bridgehead atoms. The Bertz CT molecular complexity index is 1030. The predicted octanol–water partition coefficient (Wildman–Crippen LogP) is 3.65. The number of nitrogens with one attached hydrogen (secondary N) is 1. The van der Waals surface area contributed by atoms with Gasteiger partial charge in [-0.3, -0.25) is 9.78 Å². The maximum atomic E-state index is 12.6. The molecule has 1 aromatic heterocycles. The largest absolute Gasteiger partial charge is 0.455 e. The second kappa shape index (κ2) is 9.94. The summed E-state index contributed by atoms with van der Waals surface area (Å²) in [6.45, 7) is 12.1. The van der Waals surface area contributed by atoms with E-state index in [0.29, 0.717) is 5.75 Å². The SMILES string of the molecule is CO/N=C/C(C)(C)NC(=O)C(OC)Oc1cc(C)c2ncc(C#C[Si](C)(C)C)cc2c1. The highest BCUT2D eigenvalue weighted by molar-refractivity contribution is 6.83. The summed E-state index contributed by atoms with van der Waals surface area (Å²) in [5.41, 5.74) is 5.26. The lowest BCUT2D eigenvalue weighted by Crippen LogP contribution is -2.51. The van der Waals surface area contributed by atoms with E-state index in [-0.39, 0.29) is 0 Å². The van der Waals surface area contributed by atoms with Crippen molar-refractivity contribution >= 4 is 31.1 Å². The molecule has 1 heterocycles. The van der Waals surface area contributed by atoms with Crippen LogP contribution in [-0.4, -0.2) is 51.2 Å². The molecule has 0 aliphatic rings. The maximum absolute atomic E-state index is 12.6. The van der Waals surface area contributed by atoms with Gasteiger partial charge < -0.3 is 19.6 Å².